The Hall–Kier alpha value is -2.30. The van der Waals surface area contributed by atoms with Crippen LogP contribution in [0.25, 0.3) is 11.4 Å². The lowest BCUT2D eigenvalue weighted by Crippen LogP contribution is -2.14. The van der Waals surface area contributed by atoms with Crippen molar-refractivity contribution in [1.82, 2.24) is 15.0 Å². The first-order valence-corrected chi connectivity index (χ1v) is 6.05. The van der Waals surface area contributed by atoms with Crippen LogP contribution in [0.15, 0.2) is 30.5 Å². The number of carboxylic acid groups (broad SMARTS) is 1. The van der Waals surface area contributed by atoms with Gasteiger partial charge in [-0.3, -0.25) is 9.78 Å². The highest BCUT2D eigenvalue weighted by atomic mass is 16.4. The Morgan fingerprint density at radius 2 is 2.11 bits per heavy atom. The second-order valence-corrected chi connectivity index (χ2v) is 4.47. The summed E-state index contributed by atoms with van der Waals surface area (Å²) < 4.78 is 0. The minimum Gasteiger partial charge on any atom is -0.481 e. The molecule has 1 unspecified atom stereocenters. The topological polar surface area (TPSA) is 76.0 Å². The number of nitrogens with zero attached hydrogens (tertiary/aromatic N) is 3. The summed E-state index contributed by atoms with van der Waals surface area (Å²) in [4.78, 5) is 23.8. The van der Waals surface area contributed by atoms with Gasteiger partial charge >= 0.3 is 5.97 Å². The van der Waals surface area contributed by atoms with E-state index in [4.69, 9.17) is 5.11 Å². The Kier molecular flexibility index (Phi) is 3.85. The van der Waals surface area contributed by atoms with Crippen molar-refractivity contribution in [3.63, 3.8) is 0 Å². The maximum absolute atomic E-state index is 10.9. The van der Waals surface area contributed by atoms with Crippen molar-refractivity contribution in [2.75, 3.05) is 0 Å². The van der Waals surface area contributed by atoms with E-state index in [0.717, 1.165) is 17.1 Å². The van der Waals surface area contributed by atoms with Crippen molar-refractivity contribution >= 4 is 5.97 Å². The number of aryl methyl sites for hydroxylation is 1. The summed E-state index contributed by atoms with van der Waals surface area (Å²) in [5.41, 5.74) is 2.29. The number of carboxylic acids is 1. The van der Waals surface area contributed by atoms with E-state index in [-0.39, 0.29) is 0 Å². The van der Waals surface area contributed by atoms with Crippen molar-refractivity contribution in [2.24, 2.45) is 5.92 Å². The molecule has 19 heavy (non-hydrogen) atoms. The number of hydrogen-bond donors (Lipinski definition) is 1. The zero-order valence-corrected chi connectivity index (χ0v) is 10.9. The van der Waals surface area contributed by atoms with Crippen molar-refractivity contribution < 1.29 is 9.90 Å². The first-order chi connectivity index (χ1) is 9.06. The number of aliphatic carboxylic acids is 1. The van der Waals surface area contributed by atoms with Crippen molar-refractivity contribution in [1.29, 1.82) is 0 Å². The molecule has 0 aliphatic heterocycles. The molecule has 98 valence electrons. The van der Waals surface area contributed by atoms with Crippen LogP contribution in [-0.2, 0) is 11.2 Å². The fourth-order valence-corrected chi connectivity index (χ4v) is 1.73. The Morgan fingerprint density at radius 1 is 1.32 bits per heavy atom. The SMILES string of the molecule is Cc1cc(-c2ccccn2)nc(CC(C)C(=O)O)n1. The zero-order valence-electron chi connectivity index (χ0n) is 10.9. The molecule has 0 radical (unpaired) electrons. The van der Waals surface area contributed by atoms with Gasteiger partial charge in [-0.25, -0.2) is 9.97 Å². The van der Waals surface area contributed by atoms with Crippen LogP contribution >= 0.6 is 0 Å². The monoisotopic (exact) mass is 257 g/mol. The average molecular weight is 257 g/mol. The maximum Gasteiger partial charge on any atom is 0.306 e. The predicted octanol–water partition coefficient (Wildman–Crippen LogP) is 2.11. The second kappa shape index (κ2) is 5.56. The third kappa shape index (κ3) is 3.34. The summed E-state index contributed by atoms with van der Waals surface area (Å²) in [5.74, 6) is -0.807. The molecular weight excluding hydrogens is 242 g/mol. The summed E-state index contributed by atoms with van der Waals surface area (Å²) >= 11 is 0. The molecule has 0 aromatic carbocycles. The van der Waals surface area contributed by atoms with E-state index >= 15 is 0 Å². The quantitative estimate of drug-likeness (QED) is 0.907. The van der Waals surface area contributed by atoms with E-state index in [9.17, 15) is 4.79 Å². The molecule has 5 nitrogen and oxygen atoms in total. The predicted molar refractivity (Wildman–Crippen MR) is 70.5 cm³/mol. The van der Waals surface area contributed by atoms with E-state index in [1.807, 2.05) is 31.2 Å². The van der Waals surface area contributed by atoms with Crippen LogP contribution in [0.1, 0.15) is 18.4 Å². The number of aromatic nitrogens is 3. The standard InChI is InChI=1S/C14H15N3O2/c1-9(14(18)19)7-13-16-10(2)8-12(17-13)11-5-3-4-6-15-11/h3-6,8-9H,7H2,1-2H3,(H,18,19). The fraction of sp³-hybridized carbons (Fsp3) is 0.286. The van der Waals surface area contributed by atoms with Gasteiger partial charge in [0, 0.05) is 18.3 Å². The first-order valence-electron chi connectivity index (χ1n) is 6.05. The van der Waals surface area contributed by atoms with Crippen LogP contribution in [0.3, 0.4) is 0 Å². The molecular formula is C14H15N3O2. The molecule has 0 aliphatic rings. The molecule has 2 aromatic rings. The second-order valence-electron chi connectivity index (χ2n) is 4.47. The van der Waals surface area contributed by atoms with Crippen LogP contribution in [0, 0.1) is 12.8 Å². The van der Waals surface area contributed by atoms with Gasteiger partial charge in [0.15, 0.2) is 0 Å². The summed E-state index contributed by atoms with van der Waals surface area (Å²) in [6.45, 7) is 3.51. The highest BCUT2D eigenvalue weighted by Crippen LogP contribution is 2.16. The summed E-state index contributed by atoms with van der Waals surface area (Å²) in [6.07, 6.45) is 2.02. The molecule has 0 fully saturated rings. The molecule has 1 N–H and O–H groups in total. The minimum atomic E-state index is -0.843. The Morgan fingerprint density at radius 3 is 2.74 bits per heavy atom. The van der Waals surface area contributed by atoms with Crippen molar-refractivity contribution in [3.05, 3.63) is 42.0 Å². The largest absolute Gasteiger partial charge is 0.481 e. The smallest absolute Gasteiger partial charge is 0.306 e. The molecule has 0 bridgehead atoms. The van der Waals surface area contributed by atoms with Gasteiger partial charge in [-0.2, -0.15) is 0 Å². The van der Waals surface area contributed by atoms with E-state index in [0.29, 0.717) is 12.2 Å². The van der Waals surface area contributed by atoms with Crippen LogP contribution in [0.4, 0.5) is 0 Å². The van der Waals surface area contributed by atoms with Gasteiger partial charge in [0.05, 0.1) is 17.3 Å². The summed E-state index contributed by atoms with van der Waals surface area (Å²) in [6, 6.07) is 7.44. The van der Waals surface area contributed by atoms with Crippen molar-refractivity contribution in [2.45, 2.75) is 20.3 Å². The third-order valence-electron chi connectivity index (χ3n) is 2.74. The van der Waals surface area contributed by atoms with Gasteiger partial charge in [0.1, 0.15) is 5.82 Å². The molecule has 0 spiro atoms. The summed E-state index contributed by atoms with van der Waals surface area (Å²) in [7, 11) is 0. The van der Waals surface area contributed by atoms with E-state index in [1.54, 1.807) is 13.1 Å². The lowest BCUT2D eigenvalue weighted by Gasteiger charge is -2.08. The van der Waals surface area contributed by atoms with Gasteiger partial charge in [-0.1, -0.05) is 13.0 Å². The molecule has 0 saturated carbocycles. The number of carbonyl (C=O) groups is 1. The molecule has 2 aromatic heterocycles. The summed E-state index contributed by atoms with van der Waals surface area (Å²) in [5, 5.41) is 8.93. The number of pyridine rings is 1. The highest BCUT2D eigenvalue weighted by molar-refractivity contribution is 5.69. The minimum absolute atomic E-state index is 0.316. The van der Waals surface area contributed by atoms with E-state index in [2.05, 4.69) is 15.0 Å². The Balaban J connectivity index is 2.32. The van der Waals surface area contributed by atoms with Gasteiger partial charge in [0.2, 0.25) is 0 Å². The van der Waals surface area contributed by atoms with Gasteiger partial charge in [-0.15, -0.1) is 0 Å². The zero-order chi connectivity index (χ0) is 13.8. The van der Waals surface area contributed by atoms with Gasteiger partial charge in [-0.05, 0) is 25.1 Å². The average Bonchev–Trinajstić information content (AvgIpc) is 2.39. The van der Waals surface area contributed by atoms with Crippen LogP contribution < -0.4 is 0 Å². The highest BCUT2D eigenvalue weighted by Gasteiger charge is 2.14. The van der Waals surface area contributed by atoms with Gasteiger partial charge < -0.3 is 5.11 Å². The van der Waals surface area contributed by atoms with Crippen LogP contribution in [0.2, 0.25) is 0 Å². The van der Waals surface area contributed by atoms with Gasteiger partial charge in [0.25, 0.3) is 0 Å². The third-order valence-corrected chi connectivity index (χ3v) is 2.74. The first kappa shape index (κ1) is 13.1. The van der Waals surface area contributed by atoms with Crippen LogP contribution in [-0.4, -0.2) is 26.0 Å². The molecule has 0 amide bonds. The molecule has 0 aliphatic carbocycles. The lowest BCUT2D eigenvalue weighted by atomic mass is 10.1. The normalized spacial score (nSPS) is 12.1. The fourth-order valence-electron chi connectivity index (χ4n) is 1.73. The Bertz CT molecular complexity index is 584. The molecule has 0 saturated heterocycles. The van der Waals surface area contributed by atoms with Crippen molar-refractivity contribution in [3.8, 4) is 11.4 Å². The van der Waals surface area contributed by atoms with Crippen LogP contribution in [0.5, 0.6) is 0 Å². The molecule has 2 rings (SSSR count). The van der Waals surface area contributed by atoms with E-state index < -0.39 is 11.9 Å². The maximum atomic E-state index is 10.9. The molecule has 5 heteroatoms. The number of hydrogen-bond acceptors (Lipinski definition) is 4. The molecule has 1 atom stereocenters. The lowest BCUT2D eigenvalue weighted by molar-refractivity contribution is -0.141. The van der Waals surface area contributed by atoms with E-state index in [1.165, 1.54) is 0 Å². The number of rotatable bonds is 4. The molecule has 2 heterocycles. The Labute approximate surface area is 111 Å².